The highest BCUT2D eigenvalue weighted by molar-refractivity contribution is 6.09. The molecule has 9 nitrogen and oxygen atoms in total. The van der Waals surface area contributed by atoms with E-state index in [1.54, 1.807) is 12.1 Å². The zero-order valence-corrected chi connectivity index (χ0v) is 24.6. The third-order valence-corrected chi connectivity index (χ3v) is 6.90. The predicted molar refractivity (Wildman–Crippen MR) is 170 cm³/mol. The number of carboxylic acid groups (broad SMARTS) is 1. The largest absolute Gasteiger partial charge is 0.490 e. The van der Waals surface area contributed by atoms with Gasteiger partial charge in [0.1, 0.15) is 23.3 Å². The number of para-hydroxylation sites is 2. The molecule has 4 aromatic carbocycles. The fraction of sp³-hybridized carbons (Fsp3) is 0.118. The van der Waals surface area contributed by atoms with Gasteiger partial charge in [0.25, 0.3) is 5.91 Å². The highest BCUT2D eigenvalue weighted by Crippen LogP contribution is 2.35. The minimum Gasteiger partial charge on any atom is -0.475 e. The Kier molecular flexibility index (Phi) is 8.74. The quantitative estimate of drug-likeness (QED) is 0.146. The summed E-state index contributed by atoms with van der Waals surface area (Å²) in [6, 6.07) is 30.7. The number of carbonyl (C=O) groups is 2. The van der Waals surface area contributed by atoms with E-state index in [2.05, 4.69) is 32.7 Å². The number of alkyl halides is 3. The Balaban J connectivity index is 0.000000537. The van der Waals surface area contributed by atoms with Gasteiger partial charge >= 0.3 is 12.1 Å². The van der Waals surface area contributed by atoms with Crippen LogP contribution in [0.4, 0.5) is 30.4 Å². The zero-order chi connectivity index (χ0) is 33.1. The van der Waals surface area contributed by atoms with Gasteiger partial charge in [-0.1, -0.05) is 42.5 Å². The van der Waals surface area contributed by atoms with Gasteiger partial charge in [-0.15, -0.1) is 0 Å². The average molecular weight is 628 g/mol. The standard InChI is InChI=1S/C32H27N5O2.C2HF3O2/c1-32(2,33)21-12-10-20(11-13-21)31(38)37-23-16-14-22(15-17-23)36-29-18-27(34-19-35-29)26-8-5-7-25-24-6-3-4-9-28(24)39-30(25)26;3-2(4,5)1(6)7/h3-19H,33H2,1-2H3,(H,37,38)(H,34,35,36);(H,6,7). The normalized spacial score (nSPS) is 11.5. The van der Waals surface area contributed by atoms with Crippen LogP contribution in [0.25, 0.3) is 33.2 Å². The molecule has 0 radical (unpaired) electrons. The van der Waals surface area contributed by atoms with Crippen LogP contribution in [0.15, 0.2) is 108 Å². The third kappa shape index (κ3) is 7.30. The van der Waals surface area contributed by atoms with E-state index in [0.717, 1.165) is 44.4 Å². The lowest BCUT2D eigenvalue weighted by atomic mass is 9.95. The number of rotatable bonds is 6. The van der Waals surface area contributed by atoms with Crippen LogP contribution in [0.1, 0.15) is 29.8 Å². The first-order valence-corrected chi connectivity index (χ1v) is 13.9. The van der Waals surface area contributed by atoms with E-state index in [1.807, 2.05) is 86.6 Å². The second-order valence-corrected chi connectivity index (χ2v) is 10.8. The molecule has 2 aromatic heterocycles. The van der Waals surface area contributed by atoms with Crippen molar-refractivity contribution in [2.45, 2.75) is 25.6 Å². The number of fused-ring (bicyclic) bond motifs is 3. The summed E-state index contributed by atoms with van der Waals surface area (Å²) < 4.78 is 37.9. The lowest BCUT2D eigenvalue weighted by Crippen LogP contribution is -2.28. The number of nitrogens with two attached hydrogens (primary N) is 1. The third-order valence-electron chi connectivity index (χ3n) is 6.90. The van der Waals surface area contributed by atoms with Crippen molar-refractivity contribution in [2.75, 3.05) is 10.6 Å². The van der Waals surface area contributed by atoms with Crippen molar-refractivity contribution in [3.05, 3.63) is 115 Å². The molecule has 0 atom stereocenters. The van der Waals surface area contributed by atoms with Crippen molar-refractivity contribution in [3.63, 3.8) is 0 Å². The lowest BCUT2D eigenvalue weighted by molar-refractivity contribution is -0.192. The van der Waals surface area contributed by atoms with Crippen LogP contribution in [-0.2, 0) is 10.3 Å². The number of nitrogens with zero attached hydrogens (tertiary/aromatic N) is 2. The first-order valence-electron chi connectivity index (χ1n) is 13.9. The van der Waals surface area contributed by atoms with Gasteiger partial charge in [-0.25, -0.2) is 14.8 Å². The van der Waals surface area contributed by atoms with Crippen LogP contribution in [0, 0.1) is 0 Å². The average Bonchev–Trinajstić information content (AvgIpc) is 3.41. The van der Waals surface area contributed by atoms with Crippen LogP contribution in [0.3, 0.4) is 0 Å². The monoisotopic (exact) mass is 627 g/mol. The summed E-state index contributed by atoms with van der Waals surface area (Å²) in [4.78, 5) is 30.5. The molecule has 6 aromatic rings. The van der Waals surface area contributed by atoms with Crippen LogP contribution in [0.2, 0.25) is 0 Å². The fourth-order valence-corrected chi connectivity index (χ4v) is 4.56. The van der Waals surface area contributed by atoms with E-state index >= 15 is 0 Å². The molecule has 0 aliphatic rings. The van der Waals surface area contributed by atoms with Crippen molar-refractivity contribution >= 4 is 51.0 Å². The van der Waals surface area contributed by atoms with E-state index in [0.29, 0.717) is 17.1 Å². The van der Waals surface area contributed by atoms with Gasteiger partial charge in [-0.05, 0) is 67.9 Å². The summed E-state index contributed by atoms with van der Waals surface area (Å²) >= 11 is 0. The molecule has 46 heavy (non-hydrogen) atoms. The van der Waals surface area contributed by atoms with Gasteiger partial charge in [-0.3, -0.25) is 4.79 Å². The molecule has 234 valence electrons. The molecule has 0 saturated carbocycles. The number of carbonyl (C=O) groups excluding carboxylic acids is 1. The number of hydrogen-bond donors (Lipinski definition) is 4. The predicted octanol–water partition coefficient (Wildman–Crippen LogP) is 7.87. The maximum Gasteiger partial charge on any atom is 0.490 e. The number of hydrogen-bond acceptors (Lipinski definition) is 7. The number of aliphatic carboxylic acids is 1. The van der Waals surface area contributed by atoms with Crippen LogP contribution in [-0.4, -0.2) is 33.1 Å². The number of amides is 1. The van der Waals surface area contributed by atoms with E-state index in [-0.39, 0.29) is 5.91 Å². The number of benzene rings is 4. The second-order valence-electron chi connectivity index (χ2n) is 10.8. The molecule has 12 heteroatoms. The van der Waals surface area contributed by atoms with Gasteiger partial charge in [0.15, 0.2) is 0 Å². The molecule has 5 N–H and O–H groups in total. The number of halogens is 3. The molecule has 6 rings (SSSR count). The Bertz CT molecular complexity index is 2020. The first-order chi connectivity index (χ1) is 21.8. The molecular formula is C34H28F3N5O4. The lowest BCUT2D eigenvalue weighted by Gasteiger charge is -2.19. The summed E-state index contributed by atoms with van der Waals surface area (Å²) in [5.74, 6) is -2.29. The second kappa shape index (κ2) is 12.7. The molecule has 0 bridgehead atoms. The fourth-order valence-electron chi connectivity index (χ4n) is 4.56. The van der Waals surface area contributed by atoms with Crippen LogP contribution >= 0.6 is 0 Å². The van der Waals surface area contributed by atoms with Gasteiger partial charge in [0, 0.05) is 44.9 Å². The SMILES string of the molecule is CC(C)(N)c1ccc(C(=O)Nc2ccc(Nc3cc(-c4cccc5c4oc4ccccc45)ncn3)cc2)cc1.O=C(O)C(F)(F)F. The van der Waals surface area contributed by atoms with Crippen LogP contribution in [0.5, 0.6) is 0 Å². The highest BCUT2D eigenvalue weighted by atomic mass is 19.4. The maximum atomic E-state index is 12.7. The van der Waals surface area contributed by atoms with Gasteiger partial charge < -0.3 is 25.9 Å². The molecule has 1 amide bonds. The minimum atomic E-state index is -5.08. The summed E-state index contributed by atoms with van der Waals surface area (Å²) in [6.45, 7) is 3.86. The number of anilines is 3. The number of aromatic nitrogens is 2. The van der Waals surface area contributed by atoms with Crippen molar-refractivity contribution < 1.29 is 32.3 Å². The van der Waals surface area contributed by atoms with Crippen LogP contribution < -0.4 is 16.4 Å². The molecule has 0 spiro atoms. The highest BCUT2D eigenvalue weighted by Gasteiger charge is 2.38. The molecule has 0 aliphatic carbocycles. The number of furan rings is 1. The number of nitrogens with one attached hydrogen (secondary N) is 2. The molecular weight excluding hydrogens is 599 g/mol. The Hall–Kier alpha value is -5.75. The Labute approximate surface area is 260 Å². The van der Waals surface area contributed by atoms with Crippen molar-refractivity contribution in [1.29, 1.82) is 0 Å². The summed E-state index contributed by atoms with van der Waals surface area (Å²) in [5, 5.41) is 15.5. The topological polar surface area (TPSA) is 143 Å². The Morgan fingerprint density at radius 2 is 1.46 bits per heavy atom. The molecule has 0 aliphatic heterocycles. The van der Waals surface area contributed by atoms with Gasteiger partial charge in [0.2, 0.25) is 0 Å². The first kappa shape index (κ1) is 31.7. The Morgan fingerprint density at radius 3 is 2.11 bits per heavy atom. The summed E-state index contributed by atoms with van der Waals surface area (Å²) in [5.41, 5.74) is 12.0. The van der Waals surface area contributed by atoms with E-state index in [4.69, 9.17) is 20.1 Å². The Morgan fingerprint density at radius 1 is 0.826 bits per heavy atom. The summed E-state index contributed by atoms with van der Waals surface area (Å²) in [7, 11) is 0. The van der Waals surface area contributed by atoms with E-state index in [1.165, 1.54) is 6.33 Å². The van der Waals surface area contributed by atoms with Crippen molar-refractivity contribution in [3.8, 4) is 11.3 Å². The molecule has 0 unspecified atom stereocenters. The molecule has 0 saturated heterocycles. The molecule has 0 fully saturated rings. The minimum absolute atomic E-state index is 0.183. The van der Waals surface area contributed by atoms with Gasteiger partial charge in [-0.2, -0.15) is 13.2 Å². The maximum absolute atomic E-state index is 12.7. The zero-order valence-electron chi connectivity index (χ0n) is 24.6. The van der Waals surface area contributed by atoms with Crippen molar-refractivity contribution in [1.82, 2.24) is 9.97 Å². The van der Waals surface area contributed by atoms with Gasteiger partial charge in [0.05, 0.1) is 5.69 Å². The van der Waals surface area contributed by atoms with Crippen molar-refractivity contribution in [2.24, 2.45) is 5.73 Å². The number of carboxylic acids is 1. The van der Waals surface area contributed by atoms with E-state index in [9.17, 15) is 18.0 Å². The smallest absolute Gasteiger partial charge is 0.475 e. The summed E-state index contributed by atoms with van der Waals surface area (Å²) in [6.07, 6.45) is -3.55. The van der Waals surface area contributed by atoms with E-state index < -0.39 is 17.7 Å². The molecule has 2 heterocycles.